The van der Waals surface area contributed by atoms with Crippen LogP contribution in [-0.4, -0.2) is 38.5 Å². The SMILES string of the molecule is COc1ccc(OCCCC(=O)OCC(=O)Nc2ccccc2SC)cc1. The molecule has 0 unspecified atom stereocenters. The van der Waals surface area contributed by atoms with E-state index in [1.165, 1.54) is 11.8 Å². The maximum Gasteiger partial charge on any atom is 0.306 e. The molecule has 0 bridgehead atoms. The van der Waals surface area contributed by atoms with Gasteiger partial charge in [-0.2, -0.15) is 0 Å². The van der Waals surface area contributed by atoms with E-state index in [0.717, 1.165) is 10.6 Å². The molecule has 0 atom stereocenters. The maximum atomic E-state index is 11.9. The summed E-state index contributed by atoms with van der Waals surface area (Å²) in [5.74, 6) is 0.668. The number of para-hydroxylation sites is 1. The van der Waals surface area contributed by atoms with Crippen molar-refractivity contribution in [1.82, 2.24) is 0 Å². The van der Waals surface area contributed by atoms with Gasteiger partial charge in [0, 0.05) is 11.3 Å². The molecule has 0 aliphatic carbocycles. The lowest BCUT2D eigenvalue weighted by molar-refractivity contribution is -0.147. The van der Waals surface area contributed by atoms with E-state index < -0.39 is 5.97 Å². The zero-order valence-electron chi connectivity index (χ0n) is 15.4. The molecule has 0 saturated carbocycles. The van der Waals surface area contributed by atoms with Crippen LogP contribution < -0.4 is 14.8 Å². The van der Waals surface area contributed by atoms with Gasteiger partial charge in [0.1, 0.15) is 11.5 Å². The predicted molar refractivity (Wildman–Crippen MR) is 106 cm³/mol. The van der Waals surface area contributed by atoms with Gasteiger partial charge in [-0.25, -0.2) is 0 Å². The van der Waals surface area contributed by atoms with Gasteiger partial charge in [-0.3, -0.25) is 9.59 Å². The molecule has 0 heterocycles. The van der Waals surface area contributed by atoms with Crippen molar-refractivity contribution in [2.24, 2.45) is 0 Å². The van der Waals surface area contributed by atoms with Crippen molar-refractivity contribution < 1.29 is 23.8 Å². The number of esters is 1. The van der Waals surface area contributed by atoms with Crippen LogP contribution in [0.3, 0.4) is 0 Å². The number of carbonyl (C=O) groups is 2. The second kappa shape index (κ2) is 11.1. The number of anilines is 1. The third-order valence-electron chi connectivity index (χ3n) is 3.60. The summed E-state index contributed by atoms with van der Waals surface area (Å²) in [6, 6.07) is 14.7. The quantitative estimate of drug-likeness (QED) is 0.379. The topological polar surface area (TPSA) is 73.9 Å². The Balaban J connectivity index is 1.63. The summed E-state index contributed by atoms with van der Waals surface area (Å²) in [6.07, 6.45) is 2.62. The minimum absolute atomic E-state index is 0.185. The highest BCUT2D eigenvalue weighted by atomic mass is 32.2. The van der Waals surface area contributed by atoms with E-state index >= 15 is 0 Å². The van der Waals surface area contributed by atoms with E-state index in [9.17, 15) is 9.59 Å². The lowest BCUT2D eigenvalue weighted by atomic mass is 10.3. The third kappa shape index (κ3) is 7.22. The van der Waals surface area contributed by atoms with Crippen LogP contribution in [0, 0.1) is 0 Å². The molecule has 0 aromatic heterocycles. The molecule has 144 valence electrons. The van der Waals surface area contributed by atoms with Crippen molar-refractivity contribution in [3.8, 4) is 11.5 Å². The number of amides is 1. The van der Waals surface area contributed by atoms with Crippen LogP contribution in [0.25, 0.3) is 0 Å². The van der Waals surface area contributed by atoms with E-state index in [4.69, 9.17) is 14.2 Å². The van der Waals surface area contributed by atoms with Gasteiger partial charge in [0.25, 0.3) is 5.91 Å². The molecule has 2 rings (SSSR count). The number of rotatable bonds is 10. The summed E-state index contributed by atoms with van der Waals surface area (Å²) < 4.78 is 15.6. The molecule has 0 aliphatic heterocycles. The molecule has 1 N–H and O–H groups in total. The van der Waals surface area contributed by atoms with Crippen molar-refractivity contribution in [2.45, 2.75) is 17.7 Å². The lowest BCUT2D eigenvalue weighted by Crippen LogP contribution is -2.21. The zero-order valence-corrected chi connectivity index (χ0v) is 16.2. The number of ether oxygens (including phenoxy) is 3. The number of carbonyl (C=O) groups excluding carboxylic acids is 2. The average molecular weight is 389 g/mol. The Morgan fingerprint density at radius 1 is 1.04 bits per heavy atom. The van der Waals surface area contributed by atoms with E-state index in [-0.39, 0.29) is 18.9 Å². The number of hydrogen-bond acceptors (Lipinski definition) is 6. The molecule has 2 aromatic carbocycles. The maximum absolute atomic E-state index is 11.9. The minimum atomic E-state index is -0.429. The van der Waals surface area contributed by atoms with E-state index in [2.05, 4.69) is 5.32 Å². The fraction of sp³-hybridized carbons (Fsp3) is 0.300. The van der Waals surface area contributed by atoms with Gasteiger partial charge in [0.15, 0.2) is 6.61 Å². The molecule has 27 heavy (non-hydrogen) atoms. The lowest BCUT2D eigenvalue weighted by Gasteiger charge is -2.10. The van der Waals surface area contributed by atoms with Crippen LogP contribution in [0.15, 0.2) is 53.4 Å². The molecule has 2 aromatic rings. The first-order chi connectivity index (χ1) is 13.1. The van der Waals surface area contributed by atoms with Crippen LogP contribution in [0.5, 0.6) is 11.5 Å². The van der Waals surface area contributed by atoms with Crippen LogP contribution in [-0.2, 0) is 14.3 Å². The molecule has 0 spiro atoms. The van der Waals surface area contributed by atoms with Crippen LogP contribution in [0.2, 0.25) is 0 Å². The number of thioether (sulfide) groups is 1. The second-order valence-electron chi connectivity index (χ2n) is 5.54. The first kappa shape index (κ1) is 20.6. The van der Waals surface area contributed by atoms with E-state index in [0.29, 0.717) is 24.5 Å². The van der Waals surface area contributed by atoms with Gasteiger partial charge < -0.3 is 19.5 Å². The largest absolute Gasteiger partial charge is 0.497 e. The van der Waals surface area contributed by atoms with E-state index in [1.807, 2.05) is 30.5 Å². The molecular weight excluding hydrogens is 366 g/mol. The van der Waals surface area contributed by atoms with Crippen LogP contribution in [0.1, 0.15) is 12.8 Å². The predicted octanol–water partition coefficient (Wildman–Crippen LogP) is 3.76. The van der Waals surface area contributed by atoms with E-state index in [1.54, 1.807) is 31.4 Å². The molecule has 0 aliphatic rings. The first-order valence-corrected chi connectivity index (χ1v) is 9.70. The fourth-order valence-electron chi connectivity index (χ4n) is 2.23. The van der Waals surface area contributed by atoms with Crippen molar-refractivity contribution in [2.75, 3.05) is 31.9 Å². The molecule has 6 nitrogen and oxygen atoms in total. The Kier molecular flexibility index (Phi) is 8.51. The van der Waals surface area contributed by atoms with Gasteiger partial charge in [0.05, 0.1) is 19.4 Å². The minimum Gasteiger partial charge on any atom is -0.497 e. The normalized spacial score (nSPS) is 10.1. The summed E-state index contributed by atoms with van der Waals surface area (Å²) in [4.78, 5) is 24.6. The number of methoxy groups -OCH3 is 1. The second-order valence-corrected chi connectivity index (χ2v) is 6.38. The van der Waals surface area contributed by atoms with Gasteiger partial charge >= 0.3 is 5.97 Å². The van der Waals surface area contributed by atoms with Crippen molar-refractivity contribution >= 4 is 29.3 Å². The smallest absolute Gasteiger partial charge is 0.306 e. The third-order valence-corrected chi connectivity index (χ3v) is 4.39. The summed E-state index contributed by atoms with van der Waals surface area (Å²) in [6.45, 7) is 0.0790. The molecule has 1 amide bonds. The molecule has 0 fully saturated rings. The van der Waals surface area contributed by atoms with Gasteiger partial charge in [-0.15, -0.1) is 11.8 Å². The summed E-state index contributed by atoms with van der Waals surface area (Å²) >= 11 is 1.53. The Bertz CT molecular complexity index is 748. The average Bonchev–Trinajstić information content (AvgIpc) is 2.70. The van der Waals surface area contributed by atoms with Crippen LogP contribution in [0.4, 0.5) is 5.69 Å². The van der Waals surface area contributed by atoms with Crippen molar-refractivity contribution in [3.63, 3.8) is 0 Å². The first-order valence-electron chi connectivity index (χ1n) is 8.47. The molecular formula is C20H23NO5S. The monoisotopic (exact) mass is 389 g/mol. The number of benzene rings is 2. The highest BCUT2D eigenvalue weighted by Gasteiger charge is 2.10. The standard InChI is InChI=1S/C20H23NO5S/c1-24-15-9-11-16(12-10-15)25-13-5-8-20(23)26-14-19(22)21-17-6-3-4-7-18(17)27-2/h3-4,6-7,9-12H,5,8,13-14H2,1-2H3,(H,21,22). The number of nitrogens with one attached hydrogen (secondary N) is 1. The van der Waals surface area contributed by atoms with Crippen molar-refractivity contribution in [3.05, 3.63) is 48.5 Å². The Morgan fingerprint density at radius 2 is 1.74 bits per heavy atom. The summed E-state index contributed by atoms with van der Waals surface area (Å²) in [7, 11) is 1.60. The Labute approximate surface area is 163 Å². The molecule has 0 radical (unpaired) electrons. The highest BCUT2D eigenvalue weighted by molar-refractivity contribution is 7.98. The van der Waals surface area contributed by atoms with Crippen LogP contribution >= 0.6 is 11.8 Å². The zero-order chi connectivity index (χ0) is 19.5. The Morgan fingerprint density at radius 3 is 2.44 bits per heavy atom. The highest BCUT2D eigenvalue weighted by Crippen LogP contribution is 2.24. The summed E-state index contributed by atoms with van der Waals surface area (Å²) in [5.41, 5.74) is 0.707. The Hall–Kier alpha value is -2.67. The van der Waals surface area contributed by atoms with Gasteiger partial charge in [-0.05, 0) is 49.1 Å². The molecule has 7 heteroatoms. The fourth-order valence-corrected chi connectivity index (χ4v) is 2.78. The van der Waals surface area contributed by atoms with Gasteiger partial charge in [-0.1, -0.05) is 12.1 Å². The molecule has 0 saturated heterocycles. The summed E-state index contributed by atoms with van der Waals surface area (Å²) in [5, 5.41) is 2.74. The van der Waals surface area contributed by atoms with Gasteiger partial charge in [0.2, 0.25) is 0 Å². The number of hydrogen-bond donors (Lipinski definition) is 1. The van der Waals surface area contributed by atoms with Crippen molar-refractivity contribution in [1.29, 1.82) is 0 Å².